The number of carbonyl (C=O) groups is 1. The maximum Gasteiger partial charge on any atom is 0.232 e. The van der Waals surface area contributed by atoms with Crippen LogP contribution < -0.4 is 0 Å². The highest BCUT2D eigenvalue weighted by atomic mass is 32.2. The SMILES string of the molecule is O=C(CSCc1ccccc1)N1CCC(N2CCC[C@@H]2COCc2ccccc2)CC1. The summed E-state index contributed by atoms with van der Waals surface area (Å²) in [5.74, 6) is 1.78. The zero-order chi connectivity index (χ0) is 21.3. The highest BCUT2D eigenvalue weighted by Crippen LogP contribution is 2.27. The van der Waals surface area contributed by atoms with Crippen LogP contribution >= 0.6 is 11.8 Å². The number of rotatable bonds is 9. The first-order valence-corrected chi connectivity index (χ1v) is 12.7. The molecule has 2 fully saturated rings. The van der Waals surface area contributed by atoms with Gasteiger partial charge >= 0.3 is 0 Å². The van der Waals surface area contributed by atoms with Crippen LogP contribution in [-0.4, -0.2) is 59.8 Å². The number of benzene rings is 2. The van der Waals surface area contributed by atoms with E-state index in [4.69, 9.17) is 4.74 Å². The fourth-order valence-corrected chi connectivity index (χ4v) is 5.66. The first-order valence-electron chi connectivity index (χ1n) is 11.6. The molecule has 0 radical (unpaired) electrons. The van der Waals surface area contributed by atoms with Crippen molar-refractivity contribution in [1.82, 2.24) is 9.80 Å². The Morgan fingerprint density at radius 1 is 0.903 bits per heavy atom. The van der Waals surface area contributed by atoms with Crippen LogP contribution in [0.2, 0.25) is 0 Å². The van der Waals surface area contributed by atoms with Gasteiger partial charge in [-0.25, -0.2) is 0 Å². The summed E-state index contributed by atoms with van der Waals surface area (Å²) in [6, 6.07) is 21.9. The number of thioether (sulfide) groups is 1. The predicted octanol–water partition coefficient (Wildman–Crippen LogP) is 4.59. The van der Waals surface area contributed by atoms with Crippen LogP contribution in [-0.2, 0) is 21.9 Å². The lowest BCUT2D eigenvalue weighted by molar-refractivity contribution is -0.130. The van der Waals surface area contributed by atoms with E-state index in [-0.39, 0.29) is 0 Å². The number of carbonyl (C=O) groups excluding carboxylic acids is 1. The molecule has 2 aliphatic heterocycles. The smallest absolute Gasteiger partial charge is 0.232 e. The Labute approximate surface area is 191 Å². The minimum atomic E-state index is 0.295. The molecule has 2 aliphatic rings. The summed E-state index contributed by atoms with van der Waals surface area (Å²) in [5, 5.41) is 0. The Morgan fingerprint density at radius 3 is 2.29 bits per heavy atom. The van der Waals surface area contributed by atoms with Gasteiger partial charge in [-0.15, -0.1) is 11.8 Å². The molecular formula is C26H34N2O2S. The quantitative estimate of drug-likeness (QED) is 0.573. The molecule has 4 rings (SSSR count). The van der Waals surface area contributed by atoms with E-state index >= 15 is 0 Å². The van der Waals surface area contributed by atoms with Crippen LogP contribution in [0.5, 0.6) is 0 Å². The summed E-state index contributed by atoms with van der Waals surface area (Å²) < 4.78 is 6.06. The molecule has 166 valence electrons. The number of ether oxygens (including phenoxy) is 1. The predicted molar refractivity (Wildman–Crippen MR) is 128 cm³/mol. The van der Waals surface area contributed by atoms with Crippen molar-refractivity contribution >= 4 is 17.7 Å². The second-order valence-electron chi connectivity index (χ2n) is 8.62. The Morgan fingerprint density at radius 2 is 1.58 bits per heavy atom. The maximum atomic E-state index is 12.6. The zero-order valence-electron chi connectivity index (χ0n) is 18.3. The number of hydrogen-bond donors (Lipinski definition) is 0. The van der Waals surface area contributed by atoms with E-state index in [0.29, 0.717) is 30.4 Å². The fraction of sp³-hybridized carbons (Fsp3) is 0.500. The van der Waals surface area contributed by atoms with Crippen molar-refractivity contribution in [1.29, 1.82) is 0 Å². The third-order valence-electron chi connectivity index (χ3n) is 6.47. The van der Waals surface area contributed by atoms with Gasteiger partial charge in [-0.3, -0.25) is 9.69 Å². The molecular weight excluding hydrogens is 404 g/mol. The van der Waals surface area contributed by atoms with Gasteiger partial charge in [0.05, 0.1) is 19.0 Å². The summed E-state index contributed by atoms with van der Waals surface area (Å²) in [6.07, 6.45) is 4.66. The molecule has 31 heavy (non-hydrogen) atoms. The number of nitrogens with zero attached hydrogens (tertiary/aromatic N) is 2. The standard InChI is InChI=1S/C26H34N2O2S/c29-26(21-31-20-23-10-5-2-6-11-23)27-16-13-24(14-17-27)28-15-7-12-25(28)19-30-18-22-8-3-1-4-9-22/h1-6,8-11,24-25H,7,12-21H2/t25-/m1/s1. The molecule has 1 atom stereocenters. The molecule has 0 aromatic heterocycles. The van der Waals surface area contributed by atoms with Gasteiger partial charge < -0.3 is 9.64 Å². The molecule has 0 N–H and O–H groups in total. The van der Waals surface area contributed by atoms with E-state index in [1.807, 2.05) is 12.1 Å². The van der Waals surface area contributed by atoms with E-state index in [1.54, 1.807) is 11.8 Å². The molecule has 5 heteroatoms. The molecule has 0 aliphatic carbocycles. The molecule has 0 spiro atoms. The van der Waals surface area contributed by atoms with Gasteiger partial charge in [-0.1, -0.05) is 60.7 Å². The Kier molecular flexibility index (Phi) is 8.45. The average Bonchev–Trinajstić information content (AvgIpc) is 3.29. The summed E-state index contributed by atoms with van der Waals surface area (Å²) in [5.41, 5.74) is 2.53. The van der Waals surface area contributed by atoms with Gasteiger partial charge in [0.2, 0.25) is 5.91 Å². The normalized spacial score (nSPS) is 20.3. The molecule has 2 aromatic carbocycles. The van der Waals surface area contributed by atoms with Crippen molar-refractivity contribution in [2.75, 3.05) is 32.0 Å². The van der Waals surface area contributed by atoms with Crippen LogP contribution in [0.4, 0.5) is 0 Å². The van der Waals surface area contributed by atoms with Crippen molar-refractivity contribution in [2.45, 2.75) is 50.1 Å². The third kappa shape index (κ3) is 6.58. The van der Waals surface area contributed by atoms with Crippen molar-refractivity contribution in [3.8, 4) is 0 Å². The molecule has 2 heterocycles. The van der Waals surface area contributed by atoms with Crippen LogP contribution in [0.3, 0.4) is 0 Å². The van der Waals surface area contributed by atoms with E-state index in [1.165, 1.54) is 30.5 Å². The van der Waals surface area contributed by atoms with Crippen LogP contribution in [0.1, 0.15) is 36.8 Å². The topological polar surface area (TPSA) is 32.8 Å². The summed E-state index contributed by atoms with van der Waals surface area (Å²) >= 11 is 1.72. The second kappa shape index (κ2) is 11.7. The van der Waals surface area contributed by atoms with Gasteiger partial charge in [0.25, 0.3) is 0 Å². The Balaban J connectivity index is 1.16. The Bertz CT molecular complexity index is 794. The van der Waals surface area contributed by atoms with Crippen molar-refractivity contribution in [3.05, 3.63) is 71.8 Å². The number of hydrogen-bond acceptors (Lipinski definition) is 4. The average molecular weight is 439 g/mol. The molecule has 0 bridgehead atoms. The molecule has 0 unspecified atom stereocenters. The number of amides is 1. The van der Waals surface area contributed by atoms with Gasteiger partial charge in [0.1, 0.15) is 0 Å². The number of likely N-dealkylation sites (tertiary alicyclic amines) is 2. The minimum Gasteiger partial charge on any atom is -0.375 e. The third-order valence-corrected chi connectivity index (χ3v) is 7.46. The van der Waals surface area contributed by atoms with Gasteiger partial charge in [0.15, 0.2) is 0 Å². The molecule has 2 saturated heterocycles. The van der Waals surface area contributed by atoms with Gasteiger partial charge in [-0.2, -0.15) is 0 Å². The summed E-state index contributed by atoms with van der Waals surface area (Å²) in [7, 11) is 0. The monoisotopic (exact) mass is 438 g/mol. The first-order chi connectivity index (χ1) is 15.3. The maximum absolute atomic E-state index is 12.6. The highest BCUT2D eigenvalue weighted by molar-refractivity contribution is 7.99. The second-order valence-corrected chi connectivity index (χ2v) is 9.61. The van der Waals surface area contributed by atoms with Crippen molar-refractivity contribution in [3.63, 3.8) is 0 Å². The lowest BCUT2D eigenvalue weighted by Gasteiger charge is -2.39. The number of piperidine rings is 1. The summed E-state index contributed by atoms with van der Waals surface area (Å²) in [4.78, 5) is 17.4. The van der Waals surface area contributed by atoms with Crippen LogP contribution in [0.15, 0.2) is 60.7 Å². The Hall–Kier alpha value is -1.82. The fourth-order valence-electron chi connectivity index (χ4n) is 4.77. The largest absolute Gasteiger partial charge is 0.375 e. The highest BCUT2D eigenvalue weighted by Gasteiger charge is 2.33. The van der Waals surface area contributed by atoms with E-state index in [9.17, 15) is 4.79 Å². The molecule has 4 nitrogen and oxygen atoms in total. The minimum absolute atomic E-state index is 0.295. The van der Waals surface area contributed by atoms with Gasteiger partial charge in [-0.05, 0) is 43.4 Å². The van der Waals surface area contributed by atoms with Crippen LogP contribution in [0.25, 0.3) is 0 Å². The lowest BCUT2D eigenvalue weighted by Crippen LogP contribution is -2.49. The van der Waals surface area contributed by atoms with Crippen molar-refractivity contribution in [2.24, 2.45) is 0 Å². The zero-order valence-corrected chi connectivity index (χ0v) is 19.1. The van der Waals surface area contributed by atoms with E-state index in [0.717, 1.165) is 38.3 Å². The van der Waals surface area contributed by atoms with Gasteiger partial charge in [0, 0.05) is 30.9 Å². The molecule has 1 amide bonds. The van der Waals surface area contributed by atoms with Crippen LogP contribution in [0, 0.1) is 0 Å². The molecule has 2 aromatic rings. The van der Waals surface area contributed by atoms with E-state index < -0.39 is 0 Å². The molecule has 0 saturated carbocycles. The lowest BCUT2D eigenvalue weighted by atomic mass is 10.0. The van der Waals surface area contributed by atoms with E-state index in [2.05, 4.69) is 58.3 Å². The summed E-state index contributed by atoms with van der Waals surface area (Å²) in [6.45, 7) is 4.46. The first kappa shape index (κ1) is 22.4. The van der Waals surface area contributed by atoms with Crippen molar-refractivity contribution < 1.29 is 9.53 Å².